The van der Waals surface area contributed by atoms with E-state index >= 15 is 0 Å². The number of unbranched alkanes of at least 4 members (excludes halogenated alkanes) is 7. The summed E-state index contributed by atoms with van der Waals surface area (Å²) in [4.78, 5) is 16.2. The summed E-state index contributed by atoms with van der Waals surface area (Å²) in [6.07, 6.45) is 6.78. The van der Waals surface area contributed by atoms with Gasteiger partial charge < -0.3 is 20.1 Å². The first-order chi connectivity index (χ1) is 12.1. The second-order valence-corrected chi connectivity index (χ2v) is 6.35. The van der Waals surface area contributed by atoms with Gasteiger partial charge in [-0.2, -0.15) is 0 Å². The number of aliphatic hydroxyl groups excluding tert-OH is 3. The predicted molar refractivity (Wildman–Crippen MR) is 95.8 cm³/mol. The fraction of sp³-hybridized carbons (Fsp3) is 0.944. The SMILES string of the molecule is CCC(O)C(O)C(CO)ONCCCCCCCCCCC(=O)OC. The van der Waals surface area contributed by atoms with Crippen LogP contribution in [-0.4, -0.2) is 59.9 Å². The topological polar surface area (TPSA) is 108 Å². The van der Waals surface area contributed by atoms with E-state index in [1.165, 1.54) is 20.0 Å². The number of rotatable bonds is 17. The van der Waals surface area contributed by atoms with E-state index in [1.807, 2.05) is 0 Å². The van der Waals surface area contributed by atoms with Crippen molar-refractivity contribution in [2.24, 2.45) is 0 Å². The summed E-state index contributed by atoms with van der Waals surface area (Å²) < 4.78 is 4.60. The molecule has 0 saturated carbocycles. The van der Waals surface area contributed by atoms with E-state index in [4.69, 9.17) is 4.84 Å². The van der Waals surface area contributed by atoms with E-state index in [9.17, 15) is 20.1 Å². The normalized spacial score (nSPS) is 14.9. The fourth-order valence-corrected chi connectivity index (χ4v) is 2.50. The molecule has 0 aliphatic rings. The van der Waals surface area contributed by atoms with Gasteiger partial charge in [-0.3, -0.25) is 9.63 Å². The van der Waals surface area contributed by atoms with Crippen molar-refractivity contribution >= 4 is 5.97 Å². The highest BCUT2D eigenvalue weighted by Gasteiger charge is 2.25. The minimum atomic E-state index is -1.10. The number of ether oxygens (including phenoxy) is 1. The van der Waals surface area contributed by atoms with Gasteiger partial charge >= 0.3 is 5.97 Å². The van der Waals surface area contributed by atoms with Crippen LogP contribution >= 0.6 is 0 Å². The van der Waals surface area contributed by atoms with Gasteiger partial charge in [0.2, 0.25) is 0 Å². The van der Waals surface area contributed by atoms with E-state index in [1.54, 1.807) is 6.92 Å². The maximum Gasteiger partial charge on any atom is 0.305 e. The maximum absolute atomic E-state index is 10.9. The van der Waals surface area contributed by atoms with Crippen molar-refractivity contribution in [3.05, 3.63) is 0 Å². The van der Waals surface area contributed by atoms with Crippen LogP contribution in [0.3, 0.4) is 0 Å². The third-order valence-corrected chi connectivity index (χ3v) is 4.25. The van der Waals surface area contributed by atoms with Crippen LogP contribution in [0.2, 0.25) is 0 Å². The minimum Gasteiger partial charge on any atom is -0.469 e. The molecular formula is C18H37NO6. The second-order valence-electron chi connectivity index (χ2n) is 6.35. The lowest BCUT2D eigenvalue weighted by molar-refractivity contribution is -0.140. The number of carbonyl (C=O) groups is 1. The molecule has 0 bridgehead atoms. The molecule has 7 nitrogen and oxygen atoms in total. The van der Waals surface area contributed by atoms with Crippen LogP contribution in [0.4, 0.5) is 0 Å². The molecule has 4 N–H and O–H groups in total. The number of hydroxylamine groups is 1. The molecule has 7 heteroatoms. The number of aliphatic hydroxyl groups is 3. The van der Waals surface area contributed by atoms with E-state index in [2.05, 4.69) is 10.2 Å². The van der Waals surface area contributed by atoms with Crippen LogP contribution in [0.25, 0.3) is 0 Å². The third-order valence-electron chi connectivity index (χ3n) is 4.25. The molecule has 0 spiro atoms. The van der Waals surface area contributed by atoms with E-state index < -0.39 is 18.3 Å². The van der Waals surface area contributed by atoms with E-state index in [0.29, 0.717) is 19.4 Å². The first kappa shape index (κ1) is 24.3. The molecule has 0 rings (SSSR count). The van der Waals surface area contributed by atoms with Gasteiger partial charge in [0.25, 0.3) is 0 Å². The highest BCUT2D eigenvalue weighted by atomic mass is 16.7. The zero-order valence-electron chi connectivity index (χ0n) is 15.8. The van der Waals surface area contributed by atoms with Gasteiger partial charge in [-0.1, -0.05) is 45.4 Å². The quantitative estimate of drug-likeness (QED) is 0.177. The van der Waals surface area contributed by atoms with Gasteiger partial charge in [0.1, 0.15) is 12.2 Å². The molecule has 150 valence electrons. The summed E-state index contributed by atoms with van der Waals surface area (Å²) in [5.74, 6) is -0.130. The molecule has 3 atom stereocenters. The Labute approximate surface area is 151 Å². The lowest BCUT2D eigenvalue weighted by atomic mass is 10.1. The van der Waals surface area contributed by atoms with Crippen molar-refractivity contribution < 1.29 is 29.7 Å². The molecule has 0 aromatic carbocycles. The standard InChI is InChI=1S/C18H37NO6/c1-3-15(21)18(23)16(14-20)25-19-13-11-9-7-5-4-6-8-10-12-17(22)24-2/h15-16,18-21,23H,3-14H2,1-2H3. The molecule has 0 saturated heterocycles. The largest absolute Gasteiger partial charge is 0.469 e. The number of esters is 1. The monoisotopic (exact) mass is 363 g/mol. The zero-order chi connectivity index (χ0) is 18.9. The van der Waals surface area contributed by atoms with Crippen molar-refractivity contribution in [1.29, 1.82) is 0 Å². The number of nitrogens with one attached hydrogen (secondary N) is 1. The van der Waals surface area contributed by atoms with Crippen molar-refractivity contribution in [3.63, 3.8) is 0 Å². The molecule has 0 aromatic rings. The van der Waals surface area contributed by atoms with Gasteiger partial charge in [0, 0.05) is 13.0 Å². The molecule has 0 aliphatic carbocycles. The van der Waals surface area contributed by atoms with Gasteiger partial charge in [-0.25, -0.2) is 5.48 Å². The Kier molecular flexibility index (Phi) is 16.2. The second kappa shape index (κ2) is 16.7. The van der Waals surface area contributed by atoms with Crippen LogP contribution < -0.4 is 5.48 Å². The molecule has 0 heterocycles. The smallest absolute Gasteiger partial charge is 0.305 e. The van der Waals surface area contributed by atoms with Gasteiger partial charge in [-0.05, 0) is 19.3 Å². The van der Waals surface area contributed by atoms with Crippen LogP contribution in [0.5, 0.6) is 0 Å². The van der Waals surface area contributed by atoms with Crippen molar-refractivity contribution in [1.82, 2.24) is 5.48 Å². The lowest BCUT2D eigenvalue weighted by Crippen LogP contribution is -2.43. The molecular weight excluding hydrogens is 326 g/mol. The Bertz CT molecular complexity index is 316. The average Bonchev–Trinajstić information content (AvgIpc) is 2.64. The summed E-state index contributed by atoms with van der Waals surface area (Å²) in [5, 5.41) is 28.5. The Hall–Kier alpha value is -0.730. The van der Waals surface area contributed by atoms with E-state index in [0.717, 1.165) is 38.5 Å². The summed E-state index contributed by atoms with van der Waals surface area (Å²) in [5.41, 5.74) is 2.76. The van der Waals surface area contributed by atoms with Crippen molar-refractivity contribution in [3.8, 4) is 0 Å². The molecule has 0 amide bonds. The van der Waals surface area contributed by atoms with Crippen LogP contribution in [0, 0.1) is 0 Å². The number of carbonyl (C=O) groups excluding carboxylic acids is 1. The molecule has 0 aliphatic heterocycles. The summed E-state index contributed by atoms with van der Waals surface area (Å²) >= 11 is 0. The average molecular weight is 363 g/mol. The Morgan fingerprint density at radius 3 is 2.08 bits per heavy atom. The summed E-state index contributed by atoms with van der Waals surface area (Å²) in [6.45, 7) is 2.06. The van der Waals surface area contributed by atoms with E-state index in [-0.39, 0.29) is 12.6 Å². The predicted octanol–water partition coefficient (Wildman–Crippen LogP) is 1.68. The van der Waals surface area contributed by atoms with Crippen LogP contribution in [0.1, 0.15) is 71.1 Å². The minimum absolute atomic E-state index is 0.130. The highest BCUT2D eigenvalue weighted by Crippen LogP contribution is 2.10. The fourth-order valence-electron chi connectivity index (χ4n) is 2.50. The molecule has 3 unspecified atom stereocenters. The highest BCUT2D eigenvalue weighted by molar-refractivity contribution is 5.68. The third kappa shape index (κ3) is 13.2. The molecule has 0 aromatic heterocycles. The van der Waals surface area contributed by atoms with Gasteiger partial charge in [0.05, 0.1) is 19.8 Å². The van der Waals surface area contributed by atoms with Crippen molar-refractivity contribution in [2.75, 3.05) is 20.3 Å². The van der Waals surface area contributed by atoms with Gasteiger partial charge in [0.15, 0.2) is 0 Å². The first-order valence-electron chi connectivity index (χ1n) is 9.49. The van der Waals surface area contributed by atoms with Crippen molar-refractivity contribution in [2.45, 2.75) is 89.4 Å². The number of hydrogen-bond acceptors (Lipinski definition) is 7. The molecule has 0 fully saturated rings. The number of hydrogen-bond donors (Lipinski definition) is 4. The van der Waals surface area contributed by atoms with Crippen LogP contribution in [0.15, 0.2) is 0 Å². The zero-order valence-corrected chi connectivity index (χ0v) is 15.8. The number of methoxy groups -OCH3 is 1. The first-order valence-corrected chi connectivity index (χ1v) is 9.49. The Morgan fingerprint density at radius 2 is 1.56 bits per heavy atom. The van der Waals surface area contributed by atoms with Gasteiger partial charge in [-0.15, -0.1) is 0 Å². The molecule has 25 heavy (non-hydrogen) atoms. The maximum atomic E-state index is 10.9. The summed E-state index contributed by atoms with van der Waals surface area (Å²) in [6, 6.07) is 0. The summed E-state index contributed by atoms with van der Waals surface area (Å²) in [7, 11) is 1.42. The lowest BCUT2D eigenvalue weighted by Gasteiger charge is -2.24. The molecule has 0 radical (unpaired) electrons. The van der Waals surface area contributed by atoms with Crippen LogP contribution in [-0.2, 0) is 14.4 Å². The Balaban J connectivity index is 3.42. The Morgan fingerprint density at radius 1 is 1.00 bits per heavy atom.